The van der Waals surface area contributed by atoms with Gasteiger partial charge in [-0.05, 0) is 43.0 Å². The van der Waals surface area contributed by atoms with Crippen molar-refractivity contribution in [3.05, 3.63) is 29.0 Å². The summed E-state index contributed by atoms with van der Waals surface area (Å²) in [5.41, 5.74) is 6.24. The molecule has 88 valence electrons. The molecule has 2 heterocycles. The lowest BCUT2D eigenvalue weighted by Crippen LogP contribution is -1.94. The van der Waals surface area contributed by atoms with Gasteiger partial charge in [-0.1, -0.05) is 0 Å². The molecule has 1 aromatic carbocycles. The smallest absolute Gasteiger partial charge is 0.0944 e. The van der Waals surface area contributed by atoms with Gasteiger partial charge in [-0.3, -0.25) is 0 Å². The summed E-state index contributed by atoms with van der Waals surface area (Å²) >= 11 is 0. The molecule has 3 heteroatoms. The number of anilines is 1. The number of hydrogen-bond donors (Lipinski definition) is 2. The van der Waals surface area contributed by atoms with Crippen molar-refractivity contribution in [1.82, 2.24) is 4.98 Å². The molecule has 2 aromatic rings. The van der Waals surface area contributed by atoms with Crippen LogP contribution in [0.3, 0.4) is 0 Å². The molecule has 1 unspecified atom stereocenters. The van der Waals surface area contributed by atoms with Gasteiger partial charge in [0.15, 0.2) is 0 Å². The van der Waals surface area contributed by atoms with Crippen molar-refractivity contribution in [1.29, 1.82) is 0 Å². The summed E-state index contributed by atoms with van der Waals surface area (Å²) in [4.78, 5) is 5.77. The molecule has 1 aliphatic heterocycles. The van der Waals surface area contributed by atoms with Crippen LogP contribution in [0.1, 0.15) is 29.3 Å². The highest BCUT2D eigenvalue weighted by atomic mass is 16.3. The molecule has 1 fully saturated rings. The minimum Gasteiger partial charge on any atom is -0.387 e. The van der Waals surface area contributed by atoms with Crippen LogP contribution in [0.2, 0.25) is 0 Å². The Hall–Kier alpha value is -1.48. The van der Waals surface area contributed by atoms with Crippen molar-refractivity contribution < 1.29 is 5.11 Å². The summed E-state index contributed by atoms with van der Waals surface area (Å²) < 4.78 is 0. The molecule has 0 radical (unpaired) electrons. The molecular formula is C14H16N2O. The number of aryl methyl sites for hydroxylation is 2. The number of aliphatic hydroxyl groups is 1. The number of aromatic nitrogens is 1. The maximum atomic E-state index is 9.90. The Kier molecular flexibility index (Phi) is 1.71. The van der Waals surface area contributed by atoms with Crippen LogP contribution in [-0.4, -0.2) is 23.2 Å². The lowest BCUT2D eigenvalue weighted by molar-refractivity contribution is 0.176. The molecule has 1 aromatic heterocycles. The van der Waals surface area contributed by atoms with Crippen LogP contribution in [0.25, 0.3) is 10.9 Å². The second-order valence-corrected chi connectivity index (χ2v) is 5.24. The number of fused-ring (bicyclic) bond motifs is 3. The van der Waals surface area contributed by atoms with Gasteiger partial charge in [0, 0.05) is 35.4 Å². The molecule has 1 saturated heterocycles. The molecule has 0 bridgehead atoms. The van der Waals surface area contributed by atoms with Gasteiger partial charge in [0.25, 0.3) is 0 Å². The molecule has 1 atom stereocenters. The van der Waals surface area contributed by atoms with Gasteiger partial charge < -0.3 is 15.0 Å². The number of aromatic amines is 1. The zero-order valence-electron chi connectivity index (χ0n) is 9.95. The summed E-state index contributed by atoms with van der Waals surface area (Å²) in [6.07, 6.45) is 1.57. The summed E-state index contributed by atoms with van der Waals surface area (Å²) in [5, 5.41) is 11.2. The molecule has 3 nitrogen and oxygen atoms in total. The van der Waals surface area contributed by atoms with E-state index in [1.54, 1.807) is 0 Å². The second kappa shape index (κ2) is 3.05. The average molecular weight is 228 g/mol. The first kappa shape index (κ1) is 9.54. The summed E-state index contributed by atoms with van der Waals surface area (Å²) in [5.74, 6) is 0. The third-order valence-corrected chi connectivity index (χ3v) is 4.04. The predicted molar refractivity (Wildman–Crippen MR) is 68.5 cm³/mol. The maximum absolute atomic E-state index is 9.90. The number of H-pyrrole nitrogens is 1. The van der Waals surface area contributed by atoms with E-state index >= 15 is 0 Å². The van der Waals surface area contributed by atoms with Crippen LogP contribution in [0.4, 0.5) is 5.69 Å². The number of rotatable bonds is 1. The monoisotopic (exact) mass is 228 g/mol. The number of aliphatic hydroxyl groups excluding tert-OH is 1. The van der Waals surface area contributed by atoms with E-state index in [0.29, 0.717) is 0 Å². The minimum absolute atomic E-state index is 0.289. The van der Waals surface area contributed by atoms with Crippen LogP contribution >= 0.6 is 0 Å². The van der Waals surface area contributed by atoms with Crippen LogP contribution in [0.15, 0.2) is 12.1 Å². The molecule has 0 spiro atoms. The van der Waals surface area contributed by atoms with Crippen LogP contribution < -0.4 is 4.90 Å². The summed E-state index contributed by atoms with van der Waals surface area (Å²) in [7, 11) is 0. The lowest BCUT2D eigenvalue weighted by atomic mass is 10.1. The molecule has 2 N–H and O–H groups in total. The highest BCUT2D eigenvalue weighted by molar-refractivity contribution is 5.90. The zero-order chi connectivity index (χ0) is 11.6. The first-order valence-electron chi connectivity index (χ1n) is 6.32. The van der Waals surface area contributed by atoms with E-state index < -0.39 is 0 Å². The van der Waals surface area contributed by atoms with Crippen LogP contribution in [0.5, 0.6) is 0 Å². The molecule has 17 heavy (non-hydrogen) atoms. The third-order valence-electron chi connectivity index (χ3n) is 4.04. The van der Waals surface area contributed by atoms with Crippen molar-refractivity contribution in [2.75, 3.05) is 18.0 Å². The summed E-state index contributed by atoms with van der Waals surface area (Å²) in [6, 6.07) is 4.51. The van der Waals surface area contributed by atoms with Crippen molar-refractivity contribution in [3.8, 4) is 0 Å². The maximum Gasteiger partial charge on any atom is 0.0944 e. The average Bonchev–Trinajstić information content (AvgIpc) is 3.00. The van der Waals surface area contributed by atoms with Gasteiger partial charge in [-0.15, -0.1) is 0 Å². The SMILES string of the molecule is Cc1cc2[nH]c3c(c2cc1N1CC1)CCC3O. The first-order valence-corrected chi connectivity index (χ1v) is 6.32. The molecule has 0 amide bonds. The largest absolute Gasteiger partial charge is 0.387 e. The van der Waals surface area contributed by atoms with Gasteiger partial charge in [-0.25, -0.2) is 0 Å². The first-order chi connectivity index (χ1) is 8.24. The third kappa shape index (κ3) is 1.26. The predicted octanol–water partition coefficient (Wildman–Crippen LogP) is 2.28. The quantitative estimate of drug-likeness (QED) is 0.735. The highest BCUT2D eigenvalue weighted by Crippen LogP contribution is 2.39. The van der Waals surface area contributed by atoms with E-state index in [4.69, 9.17) is 0 Å². The number of benzene rings is 1. The van der Waals surface area contributed by atoms with Gasteiger partial charge in [0.05, 0.1) is 6.10 Å². The standard InChI is InChI=1S/C14H16N2O/c1-8-6-11-10(7-12(8)16-4-5-16)9-2-3-13(17)14(9)15-11/h6-7,13,15,17H,2-5H2,1H3. The van der Waals surface area contributed by atoms with E-state index in [1.165, 1.54) is 40.8 Å². The molecule has 2 aliphatic rings. The fourth-order valence-corrected chi connectivity index (χ4v) is 3.03. The topological polar surface area (TPSA) is 39.0 Å². The number of nitrogens with one attached hydrogen (secondary N) is 1. The minimum atomic E-state index is -0.289. The summed E-state index contributed by atoms with van der Waals surface area (Å²) in [6.45, 7) is 4.53. The van der Waals surface area contributed by atoms with E-state index in [0.717, 1.165) is 18.5 Å². The molecule has 4 rings (SSSR count). The molecule has 0 saturated carbocycles. The van der Waals surface area contributed by atoms with Gasteiger partial charge in [0.2, 0.25) is 0 Å². The Labute approximate surface area is 100 Å². The second-order valence-electron chi connectivity index (χ2n) is 5.24. The van der Waals surface area contributed by atoms with E-state index in [1.807, 2.05) is 0 Å². The van der Waals surface area contributed by atoms with Crippen molar-refractivity contribution in [2.45, 2.75) is 25.9 Å². The van der Waals surface area contributed by atoms with Crippen molar-refractivity contribution in [3.63, 3.8) is 0 Å². The van der Waals surface area contributed by atoms with Crippen LogP contribution in [0, 0.1) is 6.92 Å². The number of nitrogens with zero attached hydrogens (tertiary/aromatic N) is 1. The zero-order valence-corrected chi connectivity index (χ0v) is 9.95. The van der Waals surface area contributed by atoms with Gasteiger partial charge >= 0.3 is 0 Å². The lowest BCUT2D eigenvalue weighted by Gasteiger charge is -2.08. The fraction of sp³-hybridized carbons (Fsp3) is 0.429. The van der Waals surface area contributed by atoms with Crippen LogP contribution in [-0.2, 0) is 6.42 Å². The molecule has 1 aliphatic carbocycles. The van der Waals surface area contributed by atoms with Crippen molar-refractivity contribution >= 4 is 16.6 Å². The Morgan fingerprint density at radius 3 is 2.94 bits per heavy atom. The number of hydrogen-bond acceptors (Lipinski definition) is 2. The van der Waals surface area contributed by atoms with Crippen molar-refractivity contribution in [2.24, 2.45) is 0 Å². The van der Waals surface area contributed by atoms with E-state index in [-0.39, 0.29) is 6.10 Å². The Balaban J connectivity index is 1.99. The van der Waals surface area contributed by atoms with E-state index in [9.17, 15) is 5.11 Å². The Bertz CT molecular complexity index is 610. The Morgan fingerprint density at radius 1 is 1.35 bits per heavy atom. The van der Waals surface area contributed by atoms with Gasteiger partial charge in [-0.2, -0.15) is 0 Å². The highest BCUT2D eigenvalue weighted by Gasteiger charge is 2.27. The normalized spacial score (nSPS) is 22.2. The van der Waals surface area contributed by atoms with E-state index in [2.05, 4.69) is 28.9 Å². The van der Waals surface area contributed by atoms with Gasteiger partial charge in [0.1, 0.15) is 0 Å². The fourth-order valence-electron chi connectivity index (χ4n) is 3.03. The Morgan fingerprint density at radius 2 is 2.18 bits per heavy atom. The molecular weight excluding hydrogens is 212 g/mol.